The summed E-state index contributed by atoms with van der Waals surface area (Å²) in [4.78, 5) is 17.2. The number of pyridine rings is 1. The fourth-order valence-electron chi connectivity index (χ4n) is 1.04. The van der Waals surface area contributed by atoms with E-state index in [9.17, 15) is 9.18 Å². The lowest BCUT2D eigenvalue weighted by Crippen LogP contribution is -2.43. The number of hydrogen-bond donors (Lipinski definition) is 0. The zero-order valence-electron chi connectivity index (χ0n) is 9.71. The summed E-state index contributed by atoms with van der Waals surface area (Å²) in [6.07, 6.45) is 1.41. The Bertz CT molecular complexity index is 415. The van der Waals surface area contributed by atoms with Gasteiger partial charge >= 0.3 is 0 Å². The van der Waals surface area contributed by atoms with Crippen molar-refractivity contribution in [1.29, 1.82) is 0 Å². The molecule has 1 aromatic rings. The molecule has 0 saturated carbocycles. The first-order chi connectivity index (χ1) is 7.23. The van der Waals surface area contributed by atoms with Crippen molar-refractivity contribution in [3.8, 4) is 0 Å². The molecule has 1 rings (SSSR count). The van der Waals surface area contributed by atoms with Gasteiger partial charge in [0.25, 0.3) is 5.91 Å². The van der Waals surface area contributed by atoms with Crippen LogP contribution >= 0.6 is 15.9 Å². The smallest absolute Gasteiger partial charge is 0.275 e. The molecule has 0 N–H and O–H groups in total. The molecule has 0 spiro atoms. The summed E-state index contributed by atoms with van der Waals surface area (Å²) in [6, 6.07) is 1.23. The van der Waals surface area contributed by atoms with Crippen LogP contribution < -0.4 is 0 Å². The van der Waals surface area contributed by atoms with E-state index < -0.39 is 11.7 Å². The van der Waals surface area contributed by atoms with Crippen molar-refractivity contribution in [3.63, 3.8) is 0 Å². The van der Waals surface area contributed by atoms with E-state index in [1.54, 1.807) is 7.05 Å². The Labute approximate surface area is 103 Å². The van der Waals surface area contributed by atoms with Crippen LogP contribution in [0.1, 0.15) is 31.3 Å². The first-order valence-electron chi connectivity index (χ1n) is 4.82. The van der Waals surface area contributed by atoms with E-state index in [-0.39, 0.29) is 11.2 Å². The summed E-state index contributed by atoms with van der Waals surface area (Å²) >= 11 is 3.09. The largest absolute Gasteiger partial charge is 0.335 e. The van der Waals surface area contributed by atoms with Crippen LogP contribution in [-0.2, 0) is 0 Å². The minimum absolute atomic E-state index is 0.152. The maximum absolute atomic E-state index is 13.5. The highest BCUT2D eigenvalue weighted by Gasteiger charge is 2.26. The van der Waals surface area contributed by atoms with Gasteiger partial charge in [0.15, 0.2) is 11.5 Å². The van der Waals surface area contributed by atoms with E-state index in [1.807, 2.05) is 20.8 Å². The van der Waals surface area contributed by atoms with Gasteiger partial charge in [-0.25, -0.2) is 9.37 Å². The van der Waals surface area contributed by atoms with Gasteiger partial charge in [-0.05, 0) is 42.8 Å². The molecule has 0 saturated heterocycles. The molecule has 0 aliphatic heterocycles. The summed E-state index contributed by atoms with van der Waals surface area (Å²) in [5, 5.41) is 0. The summed E-state index contributed by atoms with van der Waals surface area (Å²) in [5.74, 6) is -1.03. The van der Waals surface area contributed by atoms with Crippen molar-refractivity contribution >= 4 is 21.8 Å². The van der Waals surface area contributed by atoms with Gasteiger partial charge in [0.1, 0.15) is 0 Å². The number of carbonyl (C=O) groups is 1. The molecular formula is C11H14BrFN2O. The molecule has 0 aliphatic rings. The van der Waals surface area contributed by atoms with Gasteiger partial charge in [0.05, 0.1) is 0 Å². The van der Waals surface area contributed by atoms with Crippen LogP contribution in [0, 0.1) is 5.82 Å². The fourth-order valence-corrected chi connectivity index (χ4v) is 1.34. The Morgan fingerprint density at radius 2 is 2.06 bits per heavy atom. The zero-order chi connectivity index (χ0) is 12.5. The van der Waals surface area contributed by atoms with Crippen LogP contribution in [0.2, 0.25) is 0 Å². The summed E-state index contributed by atoms with van der Waals surface area (Å²) < 4.78 is 14.0. The Kier molecular flexibility index (Phi) is 3.68. The van der Waals surface area contributed by atoms with E-state index in [1.165, 1.54) is 17.2 Å². The van der Waals surface area contributed by atoms with Crippen LogP contribution in [0.3, 0.4) is 0 Å². The Hall–Kier alpha value is -0.970. The molecule has 1 heterocycles. The van der Waals surface area contributed by atoms with Gasteiger partial charge in [-0.1, -0.05) is 0 Å². The number of hydrogen-bond acceptors (Lipinski definition) is 2. The number of aromatic nitrogens is 1. The third kappa shape index (κ3) is 2.78. The fraction of sp³-hybridized carbons (Fsp3) is 0.455. The van der Waals surface area contributed by atoms with Gasteiger partial charge in [-0.3, -0.25) is 4.79 Å². The molecular weight excluding hydrogens is 275 g/mol. The van der Waals surface area contributed by atoms with Crippen LogP contribution in [0.4, 0.5) is 4.39 Å². The van der Waals surface area contributed by atoms with Crippen molar-refractivity contribution < 1.29 is 9.18 Å². The summed E-state index contributed by atoms with van der Waals surface area (Å²) in [5.41, 5.74) is -0.515. The molecule has 0 radical (unpaired) electrons. The summed E-state index contributed by atoms with van der Waals surface area (Å²) in [6.45, 7) is 5.63. The average molecular weight is 289 g/mol. The van der Waals surface area contributed by atoms with Crippen molar-refractivity contribution in [1.82, 2.24) is 9.88 Å². The molecule has 88 valence electrons. The van der Waals surface area contributed by atoms with Crippen LogP contribution in [-0.4, -0.2) is 28.4 Å². The third-order valence-electron chi connectivity index (χ3n) is 2.32. The van der Waals surface area contributed by atoms with Crippen molar-refractivity contribution in [2.75, 3.05) is 7.05 Å². The lowest BCUT2D eigenvalue weighted by Gasteiger charge is -2.31. The van der Waals surface area contributed by atoms with Gasteiger partial charge in [-0.2, -0.15) is 0 Å². The van der Waals surface area contributed by atoms with Crippen LogP contribution in [0.15, 0.2) is 16.7 Å². The Morgan fingerprint density at radius 1 is 1.50 bits per heavy atom. The van der Waals surface area contributed by atoms with Crippen LogP contribution in [0.25, 0.3) is 0 Å². The molecule has 1 aromatic heterocycles. The SMILES string of the molecule is CN(C(=O)c1ncc(Br)cc1F)C(C)(C)C. The van der Waals surface area contributed by atoms with Gasteiger partial charge in [0, 0.05) is 23.3 Å². The van der Waals surface area contributed by atoms with Crippen molar-refractivity contribution in [2.45, 2.75) is 26.3 Å². The lowest BCUT2D eigenvalue weighted by atomic mass is 10.1. The predicted octanol–water partition coefficient (Wildman–Crippen LogP) is 2.85. The molecule has 0 fully saturated rings. The van der Waals surface area contributed by atoms with Crippen molar-refractivity contribution in [3.05, 3.63) is 28.2 Å². The lowest BCUT2D eigenvalue weighted by molar-refractivity contribution is 0.0644. The Balaban J connectivity index is 3.06. The van der Waals surface area contributed by atoms with Gasteiger partial charge in [-0.15, -0.1) is 0 Å². The number of amides is 1. The quantitative estimate of drug-likeness (QED) is 0.796. The monoisotopic (exact) mass is 288 g/mol. The molecule has 0 bridgehead atoms. The molecule has 3 nitrogen and oxygen atoms in total. The maximum atomic E-state index is 13.5. The predicted molar refractivity (Wildman–Crippen MR) is 63.7 cm³/mol. The molecule has 5 heteroatoms. The average Bonchev–Trinajstić information content (AvgIpc) is 2.14. The number of halogens is 2. The third-order valence-corrected chi connectivity index (χ3v) is 2.75. The summed E-state index contributed by atoms with van der Waals surface area (Å²) in [7, 11) is 1.63. The highest BCUT2D eigenvalue weighted by Crippen LogP contribution is 2.17. The highest BCUT2D eigenvalue weighted by molar-refractivity contribution is 9.10. The maximum Gasteiger partial charge on any atom is 0.275 e. The first kappa shape index (κ1) is 13.1. The zero-order valence-corrected chi connectivity index (χ0v) is 11.3. The van der Waals surface area contributed by atoms with E-state index >= 15 is 0 Å². The first-order valence-corrected chi connectivity index (χ1v) is 5.62. The van der Waals surface area contributed by atoms with E-state index in [2.05, 4.69) is 20.9 Å². The van der Waals surface area contributed by atoms with Gasteiger partial charge in [0.2, 0.25) is 0 Å². The highest BCUT2D eigenvalue weighted by atomic mass is 79.9. The normalized spacial score (nSPS) is 11.4. The number of carbonyl (C=O) groups excluding carboxylic acids is 1. The van der Waals surface area contributed by atoms with E-state index in [4.69, 9.17) is 0 Å². The number of rotatable bonds is 1. The number of nitrogens with zero attached hydrogens (tertiary/aromatic N) is 2. The minimum atomic E-state index is -0.615. The van der Waals surface area contributed by atoms with Crippen molar-refractivity contribution in [2.24, 2.45) is 0 Å². The molecule has 0 aliphatic carbocycles. The van der Waals surface area contributed by atoms with E-state index in [0.717, 1.165) is 0 Å². The van der Waals surface area contributed by atoms with Crippen LogP contribution in [0.5, 0.6) is 0 Å². The van der Waals surface area contributed by atoms with Gasteiger partial charge < -0.3 is 4.90 Å². The topological polar surface area (TPSA) is 33.2 Å². The molecule has 1 amide bonds. The molecule has 16 heavy (non-hydrogen) atoms. The minimum Gasteiger partial charge on any atom is -0.335 e. The second-order valence-corrected chi connectivity index (χ2v) is 5.43. The van der Waals surface area contributed by atoms with E-state index in [0.29, 0.717) is 4.47 Å². The standard InChI is InChI=1S/C11H14BrFN2O/c1-11(2,3)15(4)10(16)9-8(13)5-7(12)6-14-9/h5-6H,1-4H3. The second-order valence-electron chi connectivity index (χ2n) is 4.52. The Morgan fingerprint density at radius 3 is 2.50 bits per heavy atom. The molecule has 0 atom stereocenters. The molecule has 0 unspecified atom stereocenters. The second kappa shape index (κ2) is 4.49. The molecule has 0 aromatic carbocycles.